The van der Waals surface area contributed by atoms with Crippen LogP contribution in [-0.2, 0) is 6.54 Å². The third kappa shape index (κ3) is 3.09. The van der Waals surface area contributed by atoms with Crippen LogP contribution in [0.5, 0.6) is 0 Å². The number of anilines is 1. The fourth-order valence-corrected chi connectivity index (χ4v) is 1.89. The predicted octanol–water partition coefficient (Wildman–Crippen LogP) is 0.590. The molecule has 0 spiro atoms. The summed E-state index contributed by atoms with van der Waals surface area (Å²) < 4.78 is 0. The average molecular weight is 245 g/mol. The van der Waals surface area contributed by atoms with E-state index >= 15 is 0 Å². The summed E-state index contributed by atoms with van der Waals surface area (Å²) in [6.45, 7) is 1.29. The molecule has 0 bridgehead atoms. The molecule has 0 atom stereocenters. The molecule has 4 nitrogen and oxygen atoms in total. The van der Waals surface area contributed by atoms with Gasteiger partial charge in [0.15, 0.2) is 0 Å². The summed E-state index contributed by atoms with van der Waals surface area (Å²) in [5, 5.41) is 18.6. The molecule has 1 aromatic carbocycles. The van der Waals surface area contributed by atoms with Crippen LogP contribution in [0.15, 0.2) is 18.2 Å². The molecular weight excluding hydrogens is 228 g/mol. The topological polar surface area (TPSA) is 69.7 Å². The molecule has 4 N–H and O–H groups in total. The number of aliphatic hydroxyl groups excluding tert-OH is 2. The molecule has 16 heavy (non-hydrogen) atoms. The number of nitrogens with two attached hydrogens (primary N) is 1. The zero-order valence-electron chi connectivity index (χ0n) is 9.06. The summed E-state index contributed by atoms with van der Waals surface area (Å²) in [7, 11) is 0. The van der Waals surface area contributed by atoms with Gasteiger partial charge in [-0.25, -0.2) is 0 Å². The molecule has 0 aromatic heterocycles. The van der Waals surface area contributed by atoms with Crippen molar-refractivity contribution in [2.45, 2.75) is 6.54 Å². The SMILES string of the molecule is NCc1c(Cl)cccc1N(CCO)CCO. The second-order valence-electron chi connectivity index (χ2n) is 3.38. The minimum atomic E-state index is 0.0243. The number of aliphatic hydroxyl groups is 2. The zero-order chi connectivity index (χ0) is 12.0. The number of halogens is 1. The molecule has 0 radical (unpaired) electrons. The molecule has 0 heterocycles. The van der Waals surface area contributed by atoms with E-state index in [9.17, 15) is 0 Å². The van der Waals surface area contributed by atoms with E-state index in [1.165, 1.54) is 0 Å². The first-order valence-corrected chi connectivity index (χ1v) is 5.56. The van der Waals surface area contributed by atoms with Crippen molar-refractivity contribution in [3.8, 4) is 0 Å². The van der Waals surface area contributed by atoms with Crippen molar-refractivity contribution in [1.82, 2.24) is 0 Å². The molecule has 0 aliphatic carbocycles. The molecule has 90 valence electrons. The van der Waals surface area contributed by atoms with Crippen LogP contribution in [0.1, 0.15) is 5.56 Å². The summed E-state index contributed by atoms with van der Waals surface area (Å²) >= 11 is 6.04. The Balaban J connectivity index is 3.02. The Kier molecular flexibility index (Phi) is 5.55. The largest absolute Gasteiger partial charge is 0.395 e. The van der Waals surface area contributed by atoms with Gasteiger partial charge in [-0.05, 0) is 12.1 Å². The van der Waals surface area contributed by atoms with Gasteiger partial charge in [-0.2, -0.15) is 0 Å². The molecule has 0 fully saturated rings. The highest BCUT2D eigenvalue weighted by Gasteiger charge is 2.11. The van der Waals surface area contributed by atoms with Crippen LogP contribution < -0.4 is 10.6 Å². The number of hydrogen-bond acceptors (Lipinski definition) is 4. The molecule has 1 rings (SSSR count). The third-order valence-corrected chi connectivity index (χ3v) is 2.73. The number of hydrogen-bond donors (Lipinski definition) is 3. The smallest absolute Gasteiger partial charge is 0.0606 e. The van der Waals surface area contributed by atoms with Crippen LogP contribution in [0.2, 0.25) is 5.02 Å². The maximum Gasteiger partial charge on any atom is 0.0606 e. The molecule has 0 unspecified atom stereocenters. The van der Waals surface area contributed by atoms with E-state index in [0.717, 1.165) is 11.3 Å². The first-order chi connectivity index (χ1) is 7.74. The van der Waals surface area contributed by atoms with Gasteiger partial charge in [0.25, 0.3) is 0 Å². The Bertz CT molecular complexity index is 328. The molecule has 1 aromatic rings. The first-order valence-electron chi connectivity index (χ1n) is 5.18. The van der Waals surface area contributed by atoms with Crippen molar-refractivity contribution < 1.29 is 10.2 Å². The third-order valence-electron chi connectivity index (χ3n) is 2.38. The standard InChI is InChI=1S/C11H17ClN2O2/c12-10-2-1-3-11(9(10)8-13)14(4-6-15)5-7-16/h1-3,15-16H,4-8,13H2. The van der Waals surface area contributed by atoms with Gasteiger partial charge in [0.1, 0.15) is 0 Å². The number of rotatable bonds is 6. The van der Waals surface area contributed by atoms with Crippen LogP contribution in [0, 0.1) is 0 Å². The summed E-state index contributed by atoms with van der Waals surface area (Å²) in [5.41, 5.74) is 7.36. The van der Waals surface area contributed by atoms with Gasteiger partial charge in [0.05, 0.1) is 13.2 Å². The zero-order valence-corrected chi connectivity index (χ0v) is 9.82. The highest BCUT2D eigenvalue weighted by molar-refractivity contribution is 6.31. The fourth-order valence-electron chi connectivity index (χ4n) is 1.64. The quantitative estimate of drug-likeness (QED) is 0.685. The summed E-state index contributed by atoms with van der Waals surface area (Å²) in [5.74, 6) is 0. The van der Waals surface area contributed by atoms with Crippen molar-refractivity contribution >= 4 is 17.3 Å². The van der Waals surface area contributed by atoms with Gasteiger partial charge >= 0.3 is 0 Å². The lowest BCUT2D eigenvalue weighted by atomic mass is 10.1. The minimum absolute atomic E-state index is 0.0243. The van der Waals surface area contributed by atoms with E-state index in [1.807, 2.05) is 17.0 Å². The van der Waals surface area contributed by atoms with E-state index in [-0.39, 0.29) is 13.2 Å². The maximum absolute atomic E-state index is 8.97. The van der Waals surface area contributed by atoms with Crippen molar-refractivity contribution in [1.29, 1.82) is 0 Å². The number of benzene rings is 1. The fraction of sp³-hybridized carbons (Fsp3) is 0.455. The summed E-state index contributed by atoms with van der Waals surface area (Å²) in [6, 6.07) is 5.50. The van der Waals surface area contributed by atoms with Crippen LogP contribution in [0.3, 0.4) is 0 Å². The van der Waals surface area contributed by atoms with Gasteiger partial charge in [-0.15, -0.1) is 0 Å². The molecule has 0 amide bonds. The van der Waals surface area contributed by atoms with E-state index in [0.29, 0.717) is 24.7 Å². The van der Waals surface area contributed by atoms with Crippen molar-refractivity contribution in [2.75, 3.05) is 31.2 Å². The molecule has 0 saturated carbocycles. The average Bonchev–Trinajstić information content (AvgIpc) is 2.28. The van der Waals surface area contributed by atoms with Crippen molar-refractivity contribution in [2.24, 2.45) is 5.73 Å². The predicted molar refractivity (Wildman–Crippen MR) is 65.7 cm³/mol. The molecule has 5 heteroatoms. The van der Waals surface area contributed by atoms with Crippen LogP contribution in [0.4, 0.5) is 5.69 Å². The van der Waals surface area contributed by atoms with E-state index in [1.54, 1.807) is 6.07 Å². The Labute approximate surface area is 100 Å². The van der Waals surface area contributed by atoms with Gasteiger partial charge in [0.2, 0.25) is 0 Å². The minimum Gasteiger partial charge on any atom is -0.395 e. The Hall–Kier alpha value is -0.810. The number of nitrogens with zero attached hydrogens (tertiary/aromatic N) is 1. The highest BCUT2D eigenvalue weighted by atomic mass is 35.5. The van der Waals surface area contributed by atoms with Gasteiger partial charge in [0, 0.05) is 35.9 Å². The van der Waals surface area contributed by atoms with E-state index in [2.05, 4.69) is 0 Å². The van der Waals surface area contributed by atoms with Crippen LogP contribution in [0.25, 0.3) is 0 Å². The normalized spacial score (nSPS) is 10.5. The second kappa shape index (κ2) is 6.70. The highest BCUT2D eigenvalue weighted by Crippen LogP contribution is 2.26. The van der Waals surface area contributed by atoms with E-state index in [4.69, 9.17) is 27.5 Å². The van der Waals surface area contributed by atoms with Gasteiger partial charge in [-0.3, -0.25) is 0 Å². The lowest BCUT2D eigenvalue weighted by Crippen LogP contribution is -2.30. The van der Waals surface area contributed by atoms with Gasteiger partial charge in [-0.1, -0.05) is 17.7 Å². The molecule has 0 saturated heterocycles. The first kappa shape index (κ1) is 13.3. The van der Waals surface area contributed by atoms with Crippen LogP contribution >= 0.6 is 11.6 Å². The maximum atomic E-state index is 8.97. The monoisotopic (exact) mass is 244 g/mol. The lowest BCUT2D eigenvalue weighted by Gasteiger charge is -2.25. The molecule has 0 aliphatic heterocycles. The van der Waals surface area contributed by atoms with Crippen molar-refractivity contribution in [3.63, 3.8) is 0 Å². The molecular formula is C11H17ClN2O2. The second-order valence-corrected chi connectivity index (χ2v) is 3.78. The summed E-state index contributed by atoms with van der Waals surface area (Å²) in [4.78, 5) is 1.87. The van der Waals surface area contributed by atoms with Gasteiger partial charge < -0.3 is 20.8 Å². The van der Waals surface area contributed by atoms with Crippen molar-refractivity contribution in [3.05, 3.63) is 28.8 Å². The van der Waals surface area contributed by atoms with Crippen LogP contribution in [-0.4, -0.2) is 36.5 Å². The Morgan fingerprint density at radius 1 is 1.19 bits per heavy atom. The lowest BCUT2D eigenvalue weighted by molar-refractivity contribution is 0.281. The summed E-state index contributed by atoms with van der Waals surface area (Å²) in [6.07, 6.45) is 0. The Morgan fingerprint density at radius 2 is 1.81 bits per heavy atom. The Morgan fingerprint density at radius 3 is 2.31 bits per heavy atom. The van der Waals surface area contributed by atoms with E-state index < -0.39 is 0 Å². The molecule has 0 aliphatic rings.